The van der Waals surface area contributed by atoms with Crippen molar-refractivity contribution in [3.8, 4) is 0 Å². The van der Waals surface area contributed by atoms with E-state index in [0.29, 0.717) is 12.1 Å². The molecule has 8 heteroatoms. The van der Waals surface area contributed by atoms with Crippen molar-refractivity contribution < 1.29 is 26.3 Å². The van der Waals surface area contributed by atoms with Gasteiger partial charge in [-0.05, 0) is 29.8 Å². The van der Waals surface area contributed by atoms with Gasteiger partial charge < -0.3 is 0 Å². The molecular formula is C12H8F6N2. The predicted molar refractivity (Wildman–Crippen MR) is 57.8 cm³/mol. The van der Waals surface area contributed by atoms with Crippen molar-refractivity contribution in [1.29, 1.82) is 0 Å². The molecule has 0 fully saturated rings. The predicted octanol–water partition coefficient (Wildman–Crippen LogP) is 3.97. The van der Waals surface area contributed by atoms with Crippen molar-refractivity contribution in [1.82, 2.24) is 9.78 Å². The molecule has 0 unspecified atom stereocenters. The fraction of sp³-hybridized carbons (Fsp3) is 0.250. The molecule has 0 N–H and O–H groups in total. The van der Waals surface area contributed by atoms with Crippen LogP contribution >= 0.6 is 0 Å². The van der Waals surface area contributed by atoms with Gasteiger partial charge in [0.15, 0.2) is 0 Å². The van der Waals surface area contributed by atoms with Crippen LogP contribution in [0.5, 0.6) is 0 Å². The lowest BCUT2D eigenvalue weighted by Gasteiger charge is -2.14. The molecule has 1 heterocycles. The molecule has 20 heavy (non-hydrogen) atoms. The first-order valence-corrected chi connectivity index (χ1v) is 5.42. The van der Waals surface area contributed by atoms with Crippen LogP contribution in [0.1, 0.15) is 16.7 Å². The molecule has 0 aliphatic rings. The van der Waals surface area contributed by atoms with E-state index in [9.17, 15) is 26.3 Å². The second-order valence-corrected chi connectivity index (χ2v) is 4.12. The lowest BCUT2D eigenvalue weighted by Crippen LogP contribution is -2.13. The zero-order chi connectivity index (χ0) is 15.0. The van der Waals surface area contributed by atoms with Crippen LogP contribution in [0, 0.1) is 0 Å². The second-order valence-electron chi connectivity index (χ2n) is 4.12. The largest absolute Gasteiger partial charge is 0.416 e. The fourth-order valence-electron chi connectivity index (χ4n) is 1.69. The Hall–Kier alpha value is -1.99. The Morgan fingerprint density at radius 2 is 1.45 bits per heavy atom. The van der Waals surface area contributed by atoms with Crippen LogP contribution in [0.4, 0.5) is 26.3 Å². The van der Waals surface area contributed by atoms with E-state index in [0.717, 1.165) is 0 Å². The summed E-state index contributed by atoms with van der Waals surface area (Å²) in [7, 11) is 0. The minimum Gasteiger partial charge on any atom is -0.268 e. The molecule has 1 aromatic heterocycles. The van der Waals surface area contributed by atoms with Gasteiger partial charge in [0.1, 0.15) is 0 Å². The average molecular weight is 294 g/mol. The van der Waals surface area contributed by atoms with E-state index >= 15 is 0 Å². The van der Waals surface area contributed by atoms with Gasteiger partial charge in [0.05, 0.1) is 17.7 Å². The van der Waals surface area contributed by atoms with Crippen LogP contribution < -0.4 is 0 Å². The summed E-state index contributed by atoms with van der Waals surface area (Å²) in [5.41, 5.74) is -2.76. The minimum atomic E-state index is -4.83. The topological polar surface area (TPSA) is 17.8 Å². The quantitative estimate of drug-likeness (QED) is 0.766. The Balaban J connectivity index is 2.46. The van der Waals surface area contributed by atoms with Gasteiger partial charge in [0.25, 0.3) is 0 Å². The van der Waals surface area contributed by atoms with Crippen LogP contribution in [-0.4, -0.2) is 9.78 Å². The molecule has 0 aliphatic carbocycles. The number of alkyl halides is 6. The van der Waals surface area contributed by atoms with Crippen molar-refractivity contribution in [3.63, 3.8) is 0 Å². The van der Waals surface area contributed by atoms with Crippen LogP contribution in [0.3, 0.4) is 0 Å². The number of aromatic nitrogens is 2. The molecule has 0 bridgehead atoms. The van der Waals surface area contributed by atoms with Crippen LogP contribution in [0.25, 0.3) is 0 Å². The third kappa shape index (κ3) is 3.31. The van der Waals surface area contributed by atoms with E-state index in [-0.39, 0.29) is 18.2 Å². The maximum absolute atomic E-state index is 12.6. The lowest BCUT2D eigenvalue weighted by molar-refractivity contribution is -0.143. The summed E-state index contributed by atoms with van der Waals surface area (Å²) < 4.78 is 77.0. The summed E-state index contributed by atoms with van der Waals surface area (Å²) in [5, 5.41) is 3.75. The van der Waals surface area contributed by atoms with Gasteiger partial charge in [-0.1, -0.05) is 0 Å². The molecule has 2 aromatic rings. The van der Waals surface area contributed by atoms with Gasteiger partial charge in [0.2, 0.25) is 0 Å². The van der Waals surface area contributed by atoms with Crippen molar-refractivity contribution in [3.05, 3.63) is 53.3 Å². The van der Waals surface area contributed by atoms with E-state index in [1.54, 1.807) is 0 Å². The number of hydrogen-bond donors (Lipinski definition) is 0. The normalized spacial score (nSPS) is 12.7. The fourth-order valence-corrected chi connectivity index (χ4v) is 1.69. The first kappa shape index (κ1) is 14.4. The van der Waals surface area contributed by atoms with Crippen molar-refractivity contribution in [2.24, 2.45) is 0 Å². The third-order valence-electron chi connectivity index (χ3n) is 2.55. The first-order chi connectivity index (χ1) is 9.16. The molecular weight excluding hydrogens is 286 g/mol. The molecule has 0 radical (unpaired) electrons. The maximum atomic E-state index is 12.6. The Labute approximate surface area is 109 Å². The highest BCUT2D eigenvalue weighted by Gasteiger charge is 2.36. The number of hydrogen-bond acceptors (Lipinski definition) is 1. The van der Waals surface area contributed by atoms with Crippen molar-refractivity contribution in [2.75, 3.05) is 0 Å². The highest BCUT2D eigenvalue weighted by molar-refractivity contribution is 5.33. The van der Waals surface area contributed by atoms with Crippen molar-refractivity contribution >= 4 is 0 Å². The molecule has 0 amide bonds. The highest BCUT2D eigenvalue weighted by Crippen LogP contribution is 2.36. The monoisotopic (exact) mass is 294 g/mol. The number of rotatable bonds is 2. The average Bonchev–Trinajstić information content (AvgIpc) is 2.79. The minimum absolute atomic E-state index is 0.104. The smallest absolute Gasteiger partial charge is 0.268 e. The summed E-state index contributed by atoms with van der Waals surface area (Å²) in [6.07, 6.45) is -6.83. The summed E-state index contributed by atoms with van der Waals surface area (Å²) in [6, 6.07) is 3.01. The Morgan fingerprint density at radius 1 is 0.900 bits per heavy atom. The van der Waals surface area contributed by atoms with Crippen LogP contribution in [-0.2, 0) is 18.9 Å². The zero-order valence-corrected chi connectivity index (χ0v) is 9.83. The Bertz CT molecular complexity index is 551. The van der Waals surface area contributed by atoms with Crippen LogP contribution in [0.15, 0.2) is 36.7 Å². The molecule has 0 aliphatic heterocycles. The molecule has 0 saturated carbocycles. The molecule has 0 saturated heterocycles. The van der Waals surface area contributed by atoms with Gasteiger partial charge in [-0.25, -0.2) is 0 Å². The highest BCUT2D eigenvalue weighted by atomic mass is 19.4. The SMILES string of the molecule is FC(F)(F)c1cc(Cn2cccn2)cc(C(F)(F)F)c1. The van der Waals surface area contributed by atoms with E-state index in [1.165, 1.54) is 23.1 Å². The van der Waals surface area contributed by atoms with Gasteiger partial charge >= 0.3 is 12.4 Å². The van der Waals surface area contributed by atoms with Crippen LogP contribution in [0.2, 0.25) is 0 Å². The van der Waals surface area contributed by atoms with Gasteiger partial charge in [0, 0.05) is 12.4 Å². The van der Waals surface area contributed by atoms with E-state index < -0.39 is 23.5 Å². The summed E-state index contributed by atoms with van der Waals surface area (Å²) in [4.78, 5) is 0. The summed E-state index contributed by atoms with van der Waals surface area (Å²) >= 11 is 0. The molecule has 108 valence electrons. The Morgan fingerprint density at radius 3 is 1.85 bits per heavy atom. The standard InChI is InChI=1S/C12H8F6N2/c13-11(14,15)9-4-8(7-20-3-1-2-19-20)5-10(6-9)12(16,17)18/h1-6H,7H2. The van der Waals surface area contributed by atoms with Crippen molar-refractivity contribution in [2.45, 2.75) is 18.9 Å². The van der Waals surface area contributed by atoms with Gasteiger partial charge in [-0.3, -0.25) is 4.68 Å². The molecule has 1 aromatic carbocycles. The van der Waals surface area contributed by atoms with E-state index in [4.69, 9.17) is 0 Å². The third-order valence-corrected chi connectivity index (χ3v) is 2.55. The Kier molecular flexibility index (Phi) is 3.49. The first-order valence-electron chi connectivity index (χ1n) is 5.42. The molecule has 2 rings (SSSR count). The van der Waals surface area contributed by atoms with E-state index in [1.807, 2.05) is 0 Å². The molecule has 0 atom stereocenters. The number of halogens is 6. The maximum Gasteiger partial charge on any atom is 0.416 e. The lowest BCUT2D eigenvalue weighted by atomic mass is 10.0. The summed E-state index contributed by atoms with van der Waals surface area (Å²) in [6.45, 7) is -0.167. The van der Waals surface area contributed by atoms with Gasteiger partial charge in [-0.15, -0.1) is 0 Å². The molecule has 2 nitrogen and oxygen atoms in total. The van der Waals surface area contributed by atoms with E-state index in [2.05, 4.69) is 5.10 Å². The summed E-state index contributed by atoms with van der Waals surface area (Å²) in [5.74, 6) is 0. The zero-order valence-electron chi connectivity index (χ0n) is 9.83. The second kappa shape index (κ2) is 4.84. The number of benzene rings is 1. The molecule has 0 spiro atoms. The van der Waals surface area contributed by atoms with Gasteiger partial charge in [-0.2, -0.15) is 31.4 Å². The number of nitrogens with zero attached hydrogens (tertiary/aromatic N) is 2.